The number of carbonyl (C=O) groups is 1. The van der Waals surface area contributed by atoms with Crippen LogP contribution in [0.25, 0.3) is 0 Å². The molecule has 1 rings (SSSR count). The zero-order valence-corrected chi connectivity index (χ0v) is 10.5. The molecule has 0 bridgehead atoms. The van der Waals surface area contributed by atoms with Crippen molar-refractivity contribution in [1.29, 1.82) is 0 Å². The second-order valence-electron chi connectivity index (χ2n) is 3.41. The zero-order chi connectivity index (χ0) is 12.0. The number of carbonyl (C=O) groups excluding carboxylic acids is 1. The standard InChI is InChI=1S/C12H16O3S/c1-9(12(13)15-3)8-16-11-6-4-5-10(7-11)14-2/h4-7,9H,8H2,1-3H3. The summed E-state index contributed by atoms with van der Waals surface area (Å²) in [6, 6.07) is 7.78. The SMILES string of the molecule is COC(=O)C(C)CSc1cccc(OC)c1. The van der Waals surface area contributed by atoms with Crippen molar-refractivity contribution in [2.45, 2.75) is 11.8 Å². The van der Waals surface area contributed by atoms with Gasteiger partial charge in [0.1, 0.15) is 5.75 Å². The Bertz CT molecular complexity index is 352. The van der Waals surface area contributed by atoms with Gasteiger partial charge in [-0.1, -0.05) is 13.0 Å². The van der Waals surface area contributed by atoms with Gasteiger partial charge >= 0.3 is 5.97 Å². The van der Waals surface area contributed by atoms with Crippen molar-refractivity contribution >= 4 is 17.7 Å². The lowest BCUT2D eigenvalue weighted by atomic mass is 10.2. The predicted molar refractivity (Wildman–Crippen MR) is 64.9 cm³/mol. The van der Waals surface area contributed by atoms with Crippen molar-refractivity contribution in [2.75, 3.05) is 20.0 Å². The Balaban J connectivity index is 2.51. The van der Waals surface area contributed by atoms with Crippen LogP contribution in [0.15, 0.2) is 29.2 Å². The minimum Gasteiger partial charge on any atom is -0.497 e. The van der Waals surface area contributed by atoms with E-state index in [0.717, 1.165) is 10.6 Å². The molecular weight excluding hydrogens is 224 g/mol. The molecule has 1 atom stereocenters. The summed E-state index contributed by atoms with van der Waals surface area (Å²) in [5.74, 6) is 1.27. The van der Waals surface area contributed by atoms with E-state index in [9.17, 15) is 4.79 Å². The number of esters is 1. The Hall–Kier alpha value is -1.16. The number of methoxy groups -OCH3 is 2. The summed E-state index contributed by atoms with van der Waals surface area (Å²) in [5.41, 5.74) is 0. The van der Waals surface area contributed by atoms with Crippen LogP contribution in [-0.2, 0) is 9.53 Å². The van der Waals surface area contributed by atoms with Crippen molar-refractivity contribution in [3.8, 4) is 5.75 Å². The van der Waals surface area contributed by atoms with Crippen molar-refractivity contribution < 1.29 is 14.3 Å². The fourth-order valence-corrected chi connectivity index (χ4v) is 2.13. The van der Waals surface area contributed by atoms with E-state index in [4.69, 9.17) is 4.74 Å². The average Bonchev–Trinajstić information content (AvgIpc) is 2.35. The van der Waals surface area contributed by atoms with Gasteiger partial charge in [-0.2, -0.15) is 0 Å². The molecule has 0 saturated carbocycles. The maximum Gasteiger partial charge on any atom is 0.309 e. The number of hydrogen-bond donors (Lipinski definition) is 0. The van der Waals surface area contributed by atoms with Crippen LogP contribution >= 0.6 is 11.8 Å². The molecule has 0 fully saturated rings. The summed E-state index contributed by atoms with van der Waals surface area (Å²) in [6.07, 6.45) is 0. The first-order valence-corrected chi connectivity index (χ1v) is 6.00. The smallest absolute Gasteiger partial charge is 0.309 e. The molecule has 0 aromatic heterocycles. The Morgan fingerprint density at radius 2 is 2.19 bits per heavy atom. The number of benzene rings is 1. The van der Waals surface area contributed by atoms with Gasteiger partial charge in [0.05, 0.1) is 20.1 Å². The first kappa shape index (κ1) is 12.9. The molecule has 16 heavy (non-hydrogen) atoms. The van der Waals surface area contributed by atoms with Gasteiger partial charge in [0, 0.05) is 10.6 Å². The summed E-state index contributed by atoms with van der Waals surface area (Å²) < 4.78 is 9.79. The maximum absolute atomic E-state index is 11.2. The molecular formula is C12H16O3S. The maximum atomic E-state index is 11.2. The summed E-state index contributed by atoms with van der Waals surface area (Å²) in [4.78, 5) is 12.3. The lowest BCUT2D eigenvalue weighted by molar-refractivity contribution is -0.143. The van der Waals surface area contributed by atoms with Gasteiger partial charge in [0.2, 0.25) is 0 Å². The van der Waals surface area contributed by atoms with Crippen molar-refractivity contribution in [1.82, 2.24) is 0 Å². The zero-order valence-electron chi connectivity index (χ0n) is 9.73. The van der Waals surface area contributed by atoms with E-state index >= 15 is 0 Å². The van der Waals surface area contributed by atoms with E-state index in [1.807, 2.05) is 31.2 Å². The predicted octanol–water partition coefficient (Wildman–Crippen LogP) is 2.60. The van der Waals surface area contributed by atoms with Crippen molar-refractivity contribution in [3.63, 3.8) is 0 Å². The van der Waals surface area contributed by atoms with E-state index in [1.54, 1.807) is 18.9 Å². The summed E-state index contributed by atoms with van der Waals surface area (Å²) in [6.45, 7) is 1.86. The molecule has 0 aliphatic heterocycles. The first-order valence-electron chi connectivity index (χ1n) is 5.02. The highest BCUT2D eigenvalue weighted by atomic mass is 32.2. The first-order chi connectivity index (χ1) is 7.67. The molecule has 1 aromatic carbocycles. The second kappa shape index (κ2) is 6.43. The van der Waals surface area contributed by atoms with Crippen LogP contribution in [-0.4, -0.2) is 25.9 Å². The Kier molecular flexibility index (Phi) is 5.19. The van der Waals surface area contributed by atoms with Gasteiger partial charge in [0.25, 0.3) is 0 Å². The highest BCUT2D eigenvalue weighted by molar-refractivity contribution is 7.99. The summed E-state index contributed by atoms with van der Waals surface area (Å²) in [5, 5.41) is 0. The van der Waals surface area contributed by atoms with Crippen molar-refractivity contribution in [3.05, 3.63) is 24.3 Å². The third-order valence-corrected chi connectivity index (χ3v) is 3.40. The fourth-order valence-electron chi connectivity index (χ4n) is 1.18. The van der Waals surface area contributed by atoms with Crippen LogP contribution in [0.5, 0.6) is 5.75 Å². The van der Waals surface area contributed by atoms with Gasteiger partial charge in [0.15, 0.2) is 0 Å². The molecule has 4 heteroatoms. The van der Waals surface area contributed by atoms with Gasteiger partial charge < -0.3 is 9.47 Å². The molecule has 0 aliphatic carbocycles. The van der Waals surface area contributed by atoms with Gasteiger partial charge in [-0.15, -0.1) is 11.8 Å². The van der Waals surface area contributed by atoms with E-state index in [-0.39, 0.29) is 11.9 Å². The number of ether oxygens (including phenoxy) is 2. The molecule has 1 aromatic rings. The topological polar surface area (TPSA) is 35.5 Å². The number of rotatable bonds is 5. The van der Waals surface area contributed by atoms with Crippen LogP contribution in [0.4, 0.5) is 0 Å². The van der Waals surface area contributed by atoms with E-state index < -0.39 is 0 Å². The fraction of sp³-hybridized carbons (Fsp3) is 0.417. The lowest BCUT2D eigenvalue weighted by Gasteiger charge is -2.09. The highest BCUT2D eigenvalue weighted by Gasteiger charge is 2.13. The normalized spacial score (nSPS) is 11.9. The van der Waals surface area contributed by atoms with Crippen LogP contribution in [0, 0.1) is 5.92 Å². The third kappa shape index (κ3) is 3.77. The van der Waals surface area contributed by atoms with Gasteiger partial charge in [-0.3, -0.25) is 4.79 Å². The number of thioether (sulfide) groups is 1. The molecule has 0 saturated heterocycles. The van der Waals surface area contributed by atoms with Crippen LogP contribution in [0.2, 0.25) is 0 Å². The Morgan fingerprint density at radius 1 is 1.44 bits per heavy atom. The Morgan fingerprint density at radius 3 is 2.81 bits per heavy atom. The molecule has 0 spiro atoms. The van der Waals surface area contributed by atoms with Crippen LogP contribution in [0.3, 0.4) is 0 Å². The minimum absolute atomic E-state index is 0.0961. The molecule has 0 aliphatic rings. The summed E-state index contributed by atoms with van der Waals surface area (Å²) >= 11 is 1.62. The molecule has 88 valence electrons. The van der Waals surface area contributed by atoms with Crippen LogP contribution in [0.1, 0.15) is 6.92 Å². The van der Waals surface area contributed by atoms with Gasteiger partial charge in [-0.05, 0) is 18.2 Å². The monoisotopic (exact) mass is 240 g/mol. The molecule has 3 nitrogen and oxygen atoms in total. The number of hydrogen-bond acceptors (Lipinski definition) is 4. The largest absolute Gasteiger partial charge is 0.497 e. The molecule has 1 unspecified atom stereocenters. The second-order valence-corrected chi connectivity index (χ2v) is 4.51. The molecule has 0 amide bonds. The van der Waals surface area contributed by atoms with E-state index in [2.05, 4.69) is 4.74 Å². The van der Waals surface area contributed by atoms with E-state index in [0.29, 0.717) is 5.75 Å². The lowest BCUT2D eigenvalue weighted by Crippen LogP contribution is -2.14. The third-order valence-electron chi connectivity index (χ3n) is 2.14. The van der Waals surface area contributed by atoms with E-state index in [1.165, 1.54) is 7.11 Å². The molecule has 0 heterocycles. The van der Waals surface area contributed by atoms with Crippen LogP contribution < -0.4 is 4.74 Å². The summed E-state index contributed by atoms with van der Waals surface area (Å²) in [7, 11) is 3.05. The van der Waals surface area contributed by atoms with Crippen molar-refractivity contribution in [2.24, 2.45) is 5.92 Å². The Labute approximate surface area is 100 Å². The van der Waals surface area contributed by atoms with Gasteiger partial charge in [-0.25, -0.2) is 0 Å². The quantitative estimate of drug-likeness (QED) is 0.585. The average molecular weight is 240 g/mol. The highest BCUT2D eigenvalue weighted by Crippen LogP contribution is 2.24. The molecule has 0 radical (unpaired) electrons. The molecule has 0 N–H and O–H groups in total. The minimum atomic E-state index is -0.171.